The summed E-state index contributed by atoms with van der Waals surface area (Å²) in [4.78, 5) is 48.2. The number of unbranched alkanes of at least 4 members (excludes halogenated alkanes) is 9. The Bertz CT molecular complexity index is 1390. The third-order valence-electron chi connectivity index (χ3n) is 10.4. The number of esters is 2. The van der Waals surface area contributed by atoms with Gasteiger partial charge in [-0.25, -0.2) is 4.57 Å². The molecular weight excluding hydrogens is 797 g/mol. The molecule has 6 atom stereocenters. The molecule has 1 fully saturated rings. The number of carbonyl (C=O) groups is 3. The minimum Gasteiger partial charge on any atom is -0.462 e. The van der Waals surface area contributed by atoms with Gasteiger partial charge in [0.25, 0.3) is 0 Å². The highest BCUT2D eigenvalue weighted by atomic mass is 31.2. The number of Topliss-reactive ketones (excluding diaryl/α,β-unsaturated/α-hetero) is 1. The molecule has 0 heterocycles. The van der Waals surface area contributed by atoms with Crippen LogP contribution in [0.1, 0.15) is 149 Å². The molecule has 0 aliphatic heterocycles. The molecule has 0 bridgehead atoms. The van der Waals surface area contributed by atoms with Crippen LogP contribution in [0.3, 0.4) is 0 Å². The van der Waals surface area contributed by atoms with Crippen LogP contribution >= 0.6 is 7.82 Å². The molecule has 1 saturated carbocycles. The number of aliphatic hydroxyl groups is 2. The highest BCUT2D eigenvalue weighted by molar-refractivity contribution is 7.47. The number of nitrogens with zero attached hydrogens (tertiary/aromatic N) is 1. The van der Waals surface area contributed by atoms with Crippen molar-refractivity contribution in [2.75, 3.05) is 47.5 Å². The van der Waals surface area contributed by atoms with E-state index in [1.54, 1.807) is 12.2 Å². The lowest BCUT2D eigenvalue weighted by Crippen LogP contribution is -2.37. The quantitative estimate of drug-likeness (QED) is 0.0179. The first-order valence-electron chi connectivity index (χ1n) is 23.1. The molecule has 0 radical (unpaired) electrons. The lowest BCUT2D eigenvalue weighted by atomic mass is 9.88. The molecule has 0 amide bonds. The summed E-state index contributed by atoms with van der Waals surface area (Å²) in [5.74, 6) is -1.63. The van der Waals surface area contributed by atoms with Crippen molar-refractivity contribution < 1.29 is 57.1 Å². The summed E-state index contributed by atoms with van der Waals surface area (Å²) < 4.78 is 34.2. The van der Waals surface area contributed by atoms with E-state index in [0.29, 0.717) is 49.6 Å². The fourth-order valence-corrected chi connectivity index (χ4v) is 7.47. The Labute approximate surface area is 368 Å². The lowest BCUT2D eigenvalue weighted by Gasteiger charge is -2.24. The van der Waals surface area contributed by atoms with Gasteiger partial charge >= 0.3 is 19.8 Å². The Morgan fingerprint density at radius 3 is 2.00 bits per heavy atom. The molecule has 3 N–H and O–H groups in total. The summed E-state index contributed by atoms with van der Waals surface area (Å²) in [6.45, 7) is 3.94. The molecule has 0 aromatic heterocycles. The Hall–Kier alpha value is -2.70. The molecule has 12 nitrogen and oxygen atoms in total. The van der Waals surface area contributed by atoms with E-state index >= 15 is 0 Å². The fraction of sp³-hybridized carbons (Fsp3) is 0.729. The Kier molecular flexibility index (Phi) is 32.1. The second-order valence-corrected chi connectivity index (χ2v) is 18.7. The summed E-state index contributed by atoms with van der Waals surface area (Å²) in [6.07, 6.45) is 34.7. The van der Waals surface area contributed by atoms with Gasteiger partial charge in [-0.05, 0) is 70.1 Å². The predicted molar refractivity (Wildman–Crippen MR) is 243 cm³/mol. The normalized spacial score (nSPS) is 19.5. The minimum atomic E-state index is -4.46. The minimum absolute atomic E-state index is 0.00262. The van der Waals surface area contributed by atoms with Gasteiger partial charge < -0.3 is 29.1 Å². The number of ketones is 1. The first kappa shape index (κ1) is 56.3. The van der Waals surface area contributed by atoms with Crippen LogP contribution in [0, 0.1) is 11.8 Å². The zero-order chi connectivity index (χ0) is 45.2. The maximum absolute atomic E-state index is 12.8. The van der Waals surface area contributed by atoms with Crippen molar-refractivity contribution in [3.63, 3.8) is 0 Å². The number of allylic oxidation sites excluding steroid dienone is 9. The lowest BCUT2D eigenvalue weighted by molar-refractivity contribution is -0.870. The van der Waals surface area contributed by atoms with E-state index in [9.17, 15) is 34.1 Å². The van der Waals surface area contributed by atoms with Crippen LogP contribution in [-0.2, 0) is 37.5 Å². The Balaban J connectivity index is 2.51. The number of carbonyl (C=O) groups excluding carboxylic acids is 3. The van der Waals surface area contributed by atoms with Crippen molar-refractivity contribution in [3.05, 3.63) is 60.8 Å². The van der Waals surface area contributed by atoms with Crippen molar-refractivity contribution in [2.24, 2.45) is 11.8 Å². The predicted octanol–water partition coefficient (Wildman–Crippen LogP) is 9.83. The van der Waals surface area contributed by atoms with Gasteiger partial charge in [-0.15, -0.1) is 0 Å². The fourth-order valence-electron chi connectivity index (χ4n) is 6.73. The van der Waals surface area contributed by atoms with E-state index in [0.717, 1.165) is 57.8 Å². The molecule has 1 aliphatic rings. The van der Waals surface area contributed by atoms with Crippen LogP contribution in [0.25, 0.3) is 0 Å². The van der Waals surface area contributed by atoms with E-state index < -0.39 is 50.6 Å². The molecule has 0 spiro atoms. The monoisotopic (exact) mass is 881 g/mol. The van der Waals surface area contributed by atoms with Crippen molar-refractivity contribution in [1.82, 2.24) is 0 Å². The zero-order valence-corrected chi connectivity index (χ0v) is 39.2. The van der Waals surface area contributed by atoms with Crippen molar-refractivity contribution >= 4 is 25.5 Å². The third kappa shape index (κ3) is 31.7. The number of phosphoric acid groups is 1. The molecule has 61 heavy (non-hydrogen) atoms. The molecular formula is C48H83NO11P+. The van der Waals surface area contributed by atoms with Gasteiger partial charge in [0.2, 0.25) is 0 Å². The number of likely N-dealkylation sites (N-methyl/N-ethyl adjacent to an activating group) is 1. The largest absolute Gasteiger partial charge is 0.472 e. The molecule has 13 heteroatoms. The average molecular weight is 881 g/mol. The van der Waals surface area contributed by atoms with E-state index in [-0.39, 0.29) is 44.2 Å². The number of quaternary nitrogens is 1. The smallest absolute Gasteiger partial charge is 0.462 e. The second-order valence-electron chi connectivity index (χ2n) is 17.2. The van der Waals surface area contributed by atoms with Gasteiger partial charge in [0, 0.05) is 25.2 Å². The third-order valence-corrected chi connectivity index (χ3v) is 11.4. The van der Waals surface area contributed by atoms with Crippen molar-refractivity contribution in [1.29, 1.82) is 0 Å². The van der Waals surface area contributed by atoms with Crippen LogP contribution < -0.4 is 0 Å². The maximum Gasteiger partial charge on any atom is 0.472 e. The van der Waals surface area contributed by atoms with Gasteiger partial charge in [0.15, 0.2) is 6.10 Å². The van der Waals surface area contributed by atoms with E-state index in [4.69, 9.17) is 18.5 Å². The number of hydrogen-bond acceptors (Lipinski definition) is 10. The summed E-state index contributed by atoms with van der Waals surface area (Å²) in [5.41, 5.74) is 0. The summed E-state index contributed by atoms with van der Waals surface area (Å²) in [6, 6.07) is 0. The van der Waals surface area contributed by atoms with Crippen LogP contribution in [0.4, 0.5) is 0 Å². The van der Waals surface area contributed by atoms with Crippen molar-refractivity contribution in [2.45, 2.75) is 167 Å². The Morgan fingerprint density at radius 2 is 1.36 bits per heavy atom. The highest BCUT2D eigenvalue weighted by Gasteiger charge is 2.39. The molecule has 0 aromatic carbocycles. The van der Waals surface area contributed by atoms with Crippen LogP contribution in [0.15, 0.2) is 60.8 Å². The standard InChI is InChI=1S/C48H82NO11P/c1-6-8-10-11-12-13-14-15-16-17-18-19-20-21-22-23-28-32-47(53)57-39-42(40-59-61(55,56)58-37-36-49(3,4)5)60-48(54)33-29-25-24-27-31-43-44(46(52)38-45(43)51)35-34-41(50)30-26-9-7-2/h12-13,15-16,18-19,21-22,34-35,41-45,50-51H,6-11,14,17,20,23-33,36-40H2,1-5H3/p+1/b13-12-,16-15-,19-18-,22-21-,35-34+/t41-,42+,43+,44+,45-/m0/s1. The number of ether oxygens (including phenoxy) is 2. The van der Waals surface area contributed by atoms with Crippen LogP contribution in [-0.4, -0.2) is 103 Å². The van der Waals surface area contributed by atoms with Crippen molar-refractivity contribution in [3.8, 4) is 0 Å². The van der Waals surface area contributed by atoms with Gasteiger partial charge in [0.05, 0.1) is 40.0 Å². The van der Waals surface area contributed by atoms with Gasteiger partial charge in [-0.2, -0.15) is 0 Å². The number of aliphatic hydroxyl groups excluding tert-OH is 2. The van der Waals surface area contributed by atoms with Gasteiger partial charge in [-0.1, -0.05) is 126 Å². The average Bonchev–Trinajstić information content (AvgIpc) is 3.47. The van der Waals surface area contributed by atoms with Gasteiger partial charge in [-0.3, -0.25) is 23.4 Å². The zero-order valence-electron chi connectivity index (χ0n) is 38.3. The van der Waals surface area contributed by atoms with Gasteiger partial charge in [0.1, 0.15) is 25.5 Å². The number of hydrogen-bond donors (Lipinski definition) is 3. The SMILES string of the molecule is CCCCC/C=C\C/C=C\C/C=C\C/C=C\CCCC(=O)OC[C@H](COP(=O)(O)OCC[N+](C)(C)C)OC(=O)CCCCCC[C@H]1[C@@H](O)CC(=O)[C@@H]1/C=C/[C@@H](O)CCCCC. The molecule has 1 aliphatic carbocycles. The summed E-state index contributed by atoms with van der Waals surface area (Å²) in [5, 5.41) is 20.8. The number of phosphoric ester groups is 1. The van der Waals surface area contributed by atoms with E-state index in [2.05, 4.69) is 56.4 Å². The highest BCUT2D eigenvalue weighted by Crippen LogP contribution is 2.43. The first-order chi connectivity index (χ1) is 29.2. The Morgan fingerprint density at radius 1 is 0.770 bits per heavy atom. The van der Waals surface area contributed by atoms with E-state index in [1.165, 1.54) is 19.3 Å². The molecule has 1 rings (SSSR count). The summed E-state index contributed by atoms with van der Waals surface area (Å²) in [7, 11) is 1.29. The number of rotatable bonds is 37. The first-order valence-corrected chi connectivity index (χ1v) is 24.6. The molecule has 0 saturated heterocycles. The maximum atomic E-state index is 12.8. The molecule has 0 aromatic rings. The second kappa shape index (κ2) is 34.7. The summed E-state index contributed by atoms with van der Waals surface area (Å²) >= 11 is 0. The molecule has 1 unspecified atom stereocenters. The van der Waals surface area contributed by atoms with E-state index in [1.807, 2.05) is 27.2 Å². The van der Waals surface area contributed by atoms with Crippen LogP contribution in [0.5, 0.6) is 0 Å². The topological polar surface area (TPSA) is 166 Å². The molecule has 350 valence electrons. The van der Waals surface area contributed by atoms with Crippen LogP contribution in [0.2, 0.25) is 0 Å².